The van der Waals surface area contributed by atoms with Gasteiger partial charge in [-0.05, 0) is 30.8 Å². The third-order valence-corrected chi connectivity index (χ3v) is 4.52. The van der Waals surface area contributed by atoms with Crippen LogP contribution in [0.1, 0.15) is 52.9 Å². The van der Waals surface area contributed by atoms with Gasteiger partial charge in [-0.15, -0.1) is 0 Å². The summed E-state index contributed by atoms with van der Waals surface area (Å²) in [5, 5.41) is 10.9. The van der Waals surface area contributed by atoms with E-state index in [0.717, 1.165) is 12.8 Å². The van der Waals surface area contributed by atoms with Gasteiger partial charge in [0.15, 0.2) is 0 Å². The Morgan fingerprint density at radius 3 is 1.71 bits per heavy atom. The first-order chi connectivity index (χ1) is 13.2. The second-order valence-corrected chi connectivity index (χ2v) is 7.52. The maximum atomic E-state index is 12.5. The van der Waals surface area contributed by atoms with E-state index in [0.29, 0.717) is 30.8 Å². The van der Waals surface area contributed by atoms with Crippen molar-refractivity contribution in [1.29, 1.82) is 0 Å². The van der Waals surface area contributed by atoms with Gasteiger partial charge in [0, 0.05) is 26.4 Å². The van der Waals surface area contributed by atoms with E-state index in [4.69, 9.17) is 0 Å². The number of amides is 4. The lowest BCUT2D eigenvalue weighted by Gasteiger charge is -2.24. The second-order valence-electron chi connectivity index (χ2n) is 6.62. The van der Waals surface area contributed by atoms with E-state index in [1.165, 1.54) is 13.8 Å². The Labute approximate surface area is 178 Å². The second kappa shape index (κ2) is 15.5. The van der Waals surface area contributed by atoms with E-state index >= 15 is 0 Å². The molecule has 0 aromatic rings. The maximum Gasteiger partial charge on any atom is 0.242 e. The van der Waals surface area contributed by atoms with Crippen LogP contribution in [0.25, 0.3) is 0 Å². The quantitative estimate of drug-likeness (QED) is 0.222. The summed E-state index contributed by atoms with van der Waals surface area (Å²) < 4.78 is 0. The molecule has 0 rings (SSSR count). The minimum atomic E-state index is -0.661. The lowest BCUT2D eigenvalue weighted by molar-refractivity contribution is -0.129. The van der Waals surface area contributed by atoms with Gasteiger partial charge in [-0.3, -0.25) is 19.2 Å². The predicted molar refractivity (Wildman–Crippen MR) is 117 cm³/mol. The highest BCUT2D eigenvalue weighted by atomic mass is 32.1. The molecule has 4 N–H and O–H groups in total. The number of hydrogen-bond acceptors (Lipinski definition) is 6. The van der Waals surface area contributed by atoms with Crippen LogP contribution in [0.15, 0.2) is 0 Å². The van der Waals surface area contributed by atoms with Gasteiger partial charge in [-0.1, -0.05) is 19.8 Å². The van der Waals surface area contributed by atoms with Crippen molar-refractivity contribution in [3.63, 3.8) is 0 Å². The maximum absolute atomic E-state index is 12.5. The van der Waals surface area contributed by atoms with Gasteiger partial charge in [-0.2, -0.15) is 25.3 Å². The minimum absolute atomic E-state index is 0.237. The molecule has 0 aromatic heterocycles. The van der Waals surface area contributed by atoms with Crippen molar-refractivity contribution in [1.82, 2.24) is 21.3 Å². The van der Waals surface area contributed by atoms with Crippen molar-refractivity contribution >= 4 is 48.9 Å². The molecule has 0 aliphatic carbocycles. The van der Waals surface area contributed by atoms with Crippen LogP contribution in [0, 0.1) is 0 Å². The summed E-state index contributed by atoms with van der Waals surface area (Å²) in [5.41, 5.74) is 0. The number of unbranched alkanes of at least 4 members (excludes halogenated alkanes) is 1. The fourth-order valence-corrected chi connectivity index (χ4v) is 3.13. The molecule has 8 nitrogen and oxygen atoms in total. The van der Waals surface area contributed by atoms with E-state index in [2.05, 4.69) is 46.5 Å². The highest BCUT2D eigenvalue weighted by molar-refractivity contribution is 7.80. The van der Waals surface area contributed by atoms with E-state index < -0.39 is 12.1 Å². The Balaban J connectivity index is 4.91. The highest BCUT2D eigenvalue weighted by Gasteiger charge is 2.23. The van der Waals surface area contributed by atoms with Crippen LogP contribution in [-0.2, 0) is 19.2 Å². The van der Waals surface area contributed by atoms with Gasteiger partial charge in [0.1, 0.15) is 12.1 Å². The van der Waals surface area contributed by atoms with Crippen LogP contribution < -0.4 is 21.3 Å². The zero-order valence-corrected chi connectivity index (χ0v) is 18.7. The van der Waals surface area contributed by atoms with Crippen LogP contribution in [0.4, 0.5) is 0 Å². The first kappa shape index (κ1) is 26.6. The Bertz CT molecular complexity index is 520. The Hall–Kier alpha value is -1.42. The van der Waals surface area contributed by atoms with Crippen molar-refractivity contribution in [2.24, 2.45) is 0 Å². The molecule has 0 fully saturated rings. The molecule has 3 atom stereocenters. The van der Waals surface area contributed by atoms with Crippen molar-refractivity contribution < 1.29 is 19.2 Å². The summed E-state index contributed by atoms with van der Waals surface area (Å²) in [6.07, 6.45) is 3.33. The van der Waals surface area contributed by atoms with Gasteiger partial charge in [0.25, 0.3) is 0 Å². The normalized spacial score (nSPS) is 13.8. The SMILES string of the molecule is CCCCC(CNC(=O)C(CCS)NC(C)=O)NC(=O)C(CCS)NC(C)=O. The summed E-state index contributed by atoms with van der Waals surface area (Å²) in [6.45, 7) is 4.99. The number of nitrogens with one attached hydrogen (secondary N) is 4. The van der Waals surface area contributed by atoms with Gasteiger partial charge < -0.3 is 21.3 Å². The zero-order chi connectivity index (χ0) is 21.5. The third-order valence-electron chi connectivity index (χ3n) is 4.00. The van der Waals surface area contributed by atoms with Gasteiger partial charge >= 0.3 is 0 Å². The van der Waals surface area contributed by atoms with Crippen LogP contribution in [0.2, 0.25) is 0 Å². The summed E-state index contributed by atoms with van der Waals surface area (Å²) in [7, 11) is 0. The number of hydrogen-bond donors (Lipinski definition) is 6. The molecule has 28 heavy (non-hydrogen) atoms. The molecule has 0 heterocycles. The fraction of sp³-hybridized carbons (Fsp3) is 0.778. The number of carbonyl (C=O) groups excluding carboxylic acids is 4. The van der Waals surface area contributed by atoms with Crippen LogP contribution in [0.3, 0.4) is 0 Å². The Morgan fingerprint density at radius 2 is 1.29 bits per heavy atom. The Morgan fingerprint density at radius 1 is 0.786 bits per heavy atom. The van der Waals surface area contributed by atoms with E-state index in [1.807, 2.05) is 6.92 Å². The molecule has 10 heteroatoms. The number of thiol groups is 2. The third kappa shape index (κ3) is 12.1. The van der Waals surface area contributed by atoms with Crippen molar-refractivity contribution in [3.8, 4) is 0 Å². The number of carbonyl (C=O) groups is 4. The molecule has 0 saturated heterocycles. The van der Waals surface area contributed by atoms with Gasteiger partial charge in [0.2, 0.25) is 23.6 Å². The molecule has 0 bridgehead atoms. The van der Waals surface area contributed by atoms with E-state index in [-0.39, 0.29) is 36.2 Å². The summed E-state index contributed by atoms with van der Waals surface area (Å²) in [6, 6.07) is -1.60. The molecule has 4 amide bonds. The molecular weight excluding hydrogens is 400 g/mol. The summed E-state index contributed by atoms with van der Waals surface area (Å²) in [5.74, 6) is -0.275. The van der Waals surface area contributed by atoms with Crippen LogP contribution in [-0.4, -0.2) is 59.8 Å². The first-order valence-electron chi connectivity index (χ1n) is 9.59. The van der Waals surface area contributed by atoms with Crippen molar-refractivity contribution in [2.75, 3.05) is 18.1 Å². The van der Waals surface area contributed by atoms with Crippen LogP contribution in [0.5, 0.6) is 0 Å². The predicted octanol–water partition coefficient (Wildman–Crippen LogP) is 0.427. The Kier molecular flexibility index (Phi) is 14.7. The average molecular weight is 435 g/mol. The molecular formula is C18H34N4O4S2. The van der Waals surface area contributed by atoms with Crippen molar-refractivity contribution in [2.45, 2.75) is 71.0 Å². The largest absolute Gasteiger partial charge is 0.352 e. The number of rotatable bonds is 14. The molecule has 0 spiro atoms. The van der Waals surface area contributed by atoms with Gasteiger partial charge in [0.05, 0.1) is 0 Å². The van der Waals surface area contributed by atoms with Crippen LogP contribution >= 0.6 is 25.3 Å². The first-order valence-corrected chi connectivity index (χ1v) is 10.9. The van der Waals surface area contributed by atoms with Crippen molar-refractivity contribution in [3.05, 3.63) is 0 Å². The molecule has 0 radical (unpaired) electrons. The fourth-order valence-electron chi connectivity index (χ4n) is 2.61. The summed E-state index contributed by atoms with van der Waals surface area (Å²) in [4.78, 5) is 47.5. The molecule has 0 aromatic carbocycles. The molecule has 0 aliphatic rings. The standard InChI is InChI=1S/C18H34N4O4S2/c1-4-5-6-14(22-18(26)16(8-10-28)21-13(3)24)11-19-17(25)15(7-9-27)20-12(2)23/h14-16,27-28H,4-11H2,1-3H3,(H,19,25)(H,20,23)(H,21,24)(H,22,26). The van der Waals surface area contributed by atoms with E-state index in [1.54, 1.807) is 0 Å². The lowest BCUT2D eigenvalue weighted by Crippen LogP contribution is -2.54. The average Bonchev–Trinajstić information content (AvgIpc) is 2.62. The molecule has 162 valence electrons. The lowest BCUT2D eigenvalue weighted by atomic mass is 10.1. The zero-order valence-electron chi connectivity index (χ0n) is 16.9. The molecule has 0 aliphatic heterocycles. The molecule has 0 saturated carbocycles. The van der Waals surface area contributed by atoms with E-state index in [9.17, 15) is 19.2 Å². The minimum Gasteiger partial charge on any atom is -0.352 e. The van der Waals surface area contributed by atoms with Gasteiger partial charge in [-0.25, -0.2) is 0 Å². The highest BCUT2D eigenvalue weighted by Crippen LogP contribution is 2.03. The topological polar surface area (TPSA) is 116 Å². The molecule has 3 unspecified atom stereocenters. The monoisotopic (exact) mass is 434 g/mol. The smallest absolute Gasteiger partial charge is 0.242 e. The summed E-state index contributed by atoms with van der Waals surface area (Å²) >= 11 is 8.25.